The SMILES string of the molecule is O=C(NCc1cccs1)C12CC(n3nc4n(c3=O)[C@H](c3cc(F)cc(F)c3)CC4)(C1)C2. The first kappa shape index (κ1) is 18.9. The Bertz CT molecular complexity index is 1220. The van der Waals surface area contributed by atoms with Crippen LogP contribution in [-0.2, 0) is 23.3 Å². The van der Waals surface area contributed by atoms with Gasteiger partial charge in [-0.3, -0.25) is 9.36 Å². The number of rotatable bonds is 5. The molecular formula is C22H20F2N4O2S. The van der Waals surface area contributed by atoms with Crippen molar-refractivity contribution in [2.45, 2.75) is 50.2 Å². The normalized spacial score (nSPS) is 28.0. The third-order valence-electron chi connectivity index (χ3n) is 7.04. The molecule has 2 aromatic heterocycles. The van der Waals surface area contributed by atoms with Gasteiger partial charge in [0, 0.05) is 17.4 Å². The molecule has 0 spiro atoms. The number of aryl methyl sites for hydroxylation is 1. The summed E-state index contributed by atoms with van der Waals surface area (Å²) in [7, 11) is 0. The summed E-state index contributed by atoms with van der Waals surface area (Å²) < 4.78 is 30.5. The number of thiophene rings is 1. The van der Waals surface area contributed by atoms with Crippen LogP contribution in [0.2, 0.25) is 0 Å². The number of nitrogens with zero attached hydrogens (tertiary/aromatic N) is 3. The van der Waals surface area contributed by atoms with Crippen LogP contribution in [0.4, 0.5) is 8.78 Å². The summed E-state index contributed by atoms with van der Waals surface area (Å²) in [5, 5.41) is 9.56. The molecule has 3 fully saturated rings. The molecule has 1 atom stereocenters. The molecule has 3 heterocycles. The van der Waals surface area contributed by atoms with Crippen LogP contribution in [0.15, 0.2) is 40.5 Å². The Morgan fingerprint density at radius 1 is 1.23 bits per heavy atom. The summed E-state index contributed by atoms with van der Waals surface area (Å²) in [4.78, 5) is 27.0. The number of benzene rings is 1. The second-order valence-corrected chi connectivity index (χ2v) is 10.1. The lowest BCUT2D eigenvalue weighted by atomic mass is 9.39. The molecule has 3 aromatic rings. The van der Waals surface area contributed by atoms with Crippen molar-refractivity contribution in [1.29, 1.82) is 0 Å². The molecule has 0 unspecified atom stereocenters. The van der Waals surface area contributed by atoms with Crippen molar-refractivity contribution in [3.8, 4) is 0 Å². The van der Waals surface area contributed by atoms with Crippen LogP contribution >= 0.6 is 11.3 Å². The smallest absolute Gasteiger partial charge is 0.347 e. The first-order valence-electron chi connectivity index (χ1n) is 10.4. The van der Waals surface area contributed by atoms with Gasteiger partial charge in [0.05, 0.1) is 23.5 Å². The van der Waals surface area contributed by atoms with Crippen LogP contribution in [0.25, 0.3) is 0 Å². The minimum Gasteiger partial charge on any atom is -0.351 e. The van der Waals surface area contributed by atoms with Crippen molar-refractivity contribution in [2.75, 3.05) is 0 Å². The van der Waals surface area contributed by atoms with Gasteiger partial charge in [0.15, 0.2) is 0 Å². The Hall–Kier alpha value is -2.81. The van der Waals surface area contributed by atoms with Crippen molar-refractivity contribution in [1.82, 2.24) is 19.7 Å². The first-order valence-corrected chi connectivity index (χ1v) is 11.2. The number of nitrogens with one attached hydrogen (secondary N) is 1. The van der Waals surface area contributed by atoms with Gasteiger partial charge in [0.25, 0.3) is 0 Å². The maximum absolute atomic E-state index is 13.7. The Labute approximate surface area is 180 Å². The minimum atomic E-state index is -0.654. The van der Waals surface area contributed by atoms with Crippen molar-refractivity contribution < 1.29 is 13.6 Å². The molecule has 2 bridgehead atoms. The number of halogens is 2. The summed E-state index contributed by atoms with van der Waals surface area (Å²) in [5.41, 5.74) is -0.628. The van der Waals surface area contributed by atoms with E-state index in [1.807, 2.05) is 17.5 Å². The van der Waals surface area contributed by atoms with Crippen LogP contribution in [0.1, 0.15) is 48.0 Å². The van der Waals surface area contributed by atoms with E-state index in [9.17, 15) is 18.4 Å². The average molecular weight is 442 g/mol. The van der Waals surface area contributed by atoms with E-state index < -0.39 is 28.6 Å². The monoisotopic (exact) mass is 442 g/mol. The molecule has 0 saturated heterocycles. The Balaban J connectivity index is 1.21. The van der Waals surface area contributed by atoms with E-state index in [-0.39, 0.29) is 11.6 Å². The average Bonchev–Trinajstić information content (AvgIpc) is 3.37. The standard InChI is InChI=1S/C22H20F2N4O2S/c23-14-6-13(7-15(24)8-14)17-3-4-18-26-28(20(30)27(17)18)22-10-21(11-22,12-22)19(29)25-9-16-2-1-5-31-16/h1-2,5-8,17H,3-4,9-12H2,(H,25,29)/t17-,21?,22?/m0/s1. The molecule has 1 N–H and O–H groups in total. The first-order chi connectivity index (χ1) is 14.9. The van der Waals surface area contributed by atoms with Gasteiger partial charge in [-0.15, -0.1) is 11.3 Å². The fourth-order valence-electron chi connectivity index (χ4n) is 5.66. The number of fused-ring (bicyclic) bond motifs is 1. The van der Waals surface area contributed by atoms with Crippen LogP contribution in [-0.4, -0.2) is 20.3 Å². The van der Waals surface area contributed by atoms with E-state index in [0.717, 1.165) is 10.9 Å². The number of carbonyl (C=O) groups excluding carboxylic acids is 1. The maximum Gasteiger partial charge on any atom is 0.347 e. The van der Waals surface area contributed by atoms with E-state index >= 15 is 0 Å². The molecule has 3 aliphatic carbocycles. The maximum atomic E-state index is 13.7. The van der Waals surface area contributed by atoms with Crippen molar-refractivity contribution in [2.24, 2.45) is 5.41 Å². The van der Waals surface area contributed by atoms with Crippen molar-refractivity contribution in [3.63, 3.8) is 0 Å². The predicted octanol–water partition coefficient (Wildman–Crippen LogP) is 3.12. The van der Waals surface area contributed by atoms with Crippen LogP contribution in [0.3, 0.4) is 0 Å². The second kappa shape index (κ2) is 6.35. The second-order valence-electron chi connectivity index (χ2n) is 9.03. The highest BCUT2D eigenvalue weighted by atomic mass is 32.1. The van der Waals surface area contributed by atoms with Gasteiger partial charge in [-0.2, -0.15) is 5.10 Å². The van der Waals surface area contributed by atoms with E-state index in [1.165, 1.54) is 16.8 Å². The highest BCUT2D eigenvalue weighted by molar-refractivity contribution is 7.09. The van der Waals surface area contributed by atoms with Crippen LogP contribution in [0.5, 0.6) is 0 Å². The van der Waals surface area contributed by atoms with Gasteiger partial charge in [-0.05, 0) is 54.8 Å². The van der Waals surface area contributed by atoms with E-state index in [2.05, 4.69) is 10.4 Å². The van der Waals surface area contributed by atoms with Gasteiger partial charge in [-0.1, -0.05) is 6.07 Å². The van der Waals surface area contributed by atoms with Crippen molar-refractivity contribution in [3.05, 3.63) is 74.1 Å². The zero-order valence-electron chi connectivity index (χ0n) is 16.6. The van der Waals surface area contributed by atoms with E-state index in [4.69, 9.17) is 0 Å². The molecule has 0 radical (unpaired) electrons. The van der Waals surface area contributed by atoms with Gasteiger partial charge in [-0.25, -0.2) is 18.3 Å². The summed E-state index contributed by atoms with van der Waals surface area (Å²) in [6.07, 6.45) is 2.97. The van der Waals surface area contributed by atoms with Crippen LogP contribution < -0.4 is 11.0 Å². The molecule has 9 heteroatoms. The zero-order chi connectivity index (χ0) is 21.4. The summed E-state index contributed by atoms with van der Waals surface area (Å²) in [6.45, 7) is 0.524. The predicted molar refractivity (Wildman–Crippen MR) is 110 cm³/mol. The van der Waals surface area contributed by atoms with Gasteiger partial charge in [0.2, 0.25) is 5.91 Å². The molecule has 31 heavy (non-hydrogen) atoms. The molecule has 7 rings (SSSR count). The molecule has 1 aromatic carbocycles. The Kier molecular flexibility index (Phi) is 3.88. The quantitative estimate of drug-likeness (QED) is 0.660. The molecule has 3 saturated carbocycles. The van der Waals surface area contributed by atoms with Gasteiger partial charge >= 0.3 is 5.69 Å². The lowest BCUT2D eigenvalue weighted by Gasteiger charge is -2.68. The molecule has 1 amide bonds. The number of aromatic nitrogens is 3. The van der Waals surface area contributed by atoms with E-state index in [0.29, 0.717) is 50.0 Å². The number of hydrogen-bond donors (Lipinski definition) is 1. The van der Waals surface area contributed by atoms with Gasteiger partial charge in [0.1, 0.15) is 17.5 Å². The fourth-order valence-corrected chi connectivity index (χ4v) is 6.30. The molecule has 160 valence electrons. The lowest BCUT2D eigenvalue weighted by Crippen LogP contribution is -2.74. The van der Waals surface area contributed by atoms with Gasteiger partial charge < -0.3 is 5.32 Å². The summed E-state index contributed by atoms with van der Waals surface area (Å²) >= 11 is 1.61. The molecule has 6 nitrogen and oxygen atoms in total. The topological polar surface area (TPSA) is 68.9 Å². The third-order valence-corrected chi connectivity index (χ3v) is 7.92. The fraction of sp³-hybridized carbons (Fsp3) is 0.409. The molecule has 1 aliphatic heterocycles. The highest BCUT2D eigenvalue weighted by Crippen LogP contribution is 2.71. The summed E-state index contributed by atoms with van der Waals surface area (Å²) in [5.74, 6) is -0.631. The summed E-state index contributed by atoms with van der Waals surface area (Å²) in [6, 6.07) is 6.91. The third kappa shape index (κ3) is 2.68. The molecule has 4 aliphatic rings. The number of carbonyl (C=O) groups is 1. The Morgan fingerprint density at radius 2 is 1.97 bits per heavy atom. The largest absolute Gasteiger partial charge is 0.351 e. The lowest BCUT2D eigenvalue weighted by molar-refractivity contribution is -0.202. The van der Waals surface area contributed by atoms with E-state index in [1.54, 1.807) is 15.9 Å². The van der Waals surface area contributed by atoms with Crippen molar-refractivity contribution >= 4 is 17.2 Å². The molecular weight excluding hydrogens is 422 g/mol. The minimum absolute atomic E-state index is 0.0377. The highest BCUT2D eigenvalue weighted by Gasteiger charge is 2.73. The zero-order valence-corrected chi connectivity index (χ0v) is 17.4. The Morgan fingerprint density at radius 3 is 2.65 bits per heavy atom. The number of hydrogen-bond acceptors (Lipinski definition) is 4. The number of amides is 1. The van der Waals surface area contributed by atoms with Crippen LogP contribution in [0, 0.1) is 17.0 Å².